The van der Waals surface area contributed by atoms with Crippen LogP contribution in [0.1, 0.15) is 52.4 Å². The first-order chi connectivity index (χ1) is 9.13. The lowest BCUT2D eigenvalue weighted by atomic mass is 9.92. The molecular formula is C16H27N3. The Balaban J connectivity index is 1.68. The summed E-state index contributed by atoms with van der Waals surface area (Å²) in [5, 5.41) is 13.4. The molecule has 1 atom stereocenters. The molecule has 3 heteroatoms. The minimum absolute atomic E-state index is 0.286. The number of rotatable bonds is 8. The van der Waals surface area contributed by atoms with Crippen LogP contribution in [0.2, 0.25) is 0 Å². The van der Waals surface area contributed by atoms with Gasteiger partial charge in [0.1, 0.15) is 5.54 Å². The molecule has 0 amide bonds. The number of hydrogen-bond acceptors (Lipinski definition) is 3. The second kappa shape index (κ2) is 5.07. The summed E-state index contributed by atoms with van der Waals surface area (Å²) in [4.78, 5) is 2.63. The summed E-state index contributed by atoms with van der Waals surface area (Å²) in [5.41, 5.74) is -0.286. The highest BCUT2D eigenvalue weighted by molar-refractivity contribution is 5.18. The van der Waals surface area contributed by atoms with E-state index in [-0.39, 0.29) is 5.54 Å². The fraction of sp³-hybridized carbons (Fsp3) is 0.938. The molecule has 3 rings (SSSR count). The minimum atomic E-state index is -0.286. The van der Waals surface area contributed by atoms with Crippen LogP contribution in [0.15, 0.2) is 0 Å². The number of nitrogens with one attached hydrogen (secondary N) is 1. The van der Waals surface area contributed by atoms with Gasteiger partial charge in [0.25, 0.3) is 0 Å². The van der Waals surface area contributed by atoms with E-state index < -0.39 is 0 Å². The molecule has 3 aliphatic rings. The second-order valence-electron chi connectivity index (χ2n) is 7.26. The van der Waals surface area contributed by atoms with E-state index in [4.69, 9.17) is 0 Å². The highest BCUT2D eigenvalue weighted by Gasteiger charge is 2.49. The largest absolute Gasteiger partial charge is 0.297 e. The Labute approximate surface area is 117 Å². The van der Waals surface area contributed by atoms with Crippen LogP contribution in [0.5, 0.6) is 0 Å². The van der Waals surface area contributed by atoms with E-state index in [1.54, 1.807) is 0 Å². The molecule has 1 N–H and O–H groups in total. The Morgan fingerprint density at radius 1 is 1.21 bits per heavy atom. The van der Waals surface area contributed by atoms with E-state index in [1.807, 2.05) is 0 Å². The third-order valence-corrected chi connectivity index (χ3v) is 4.73. The van der Waals surface area contributed by atoms with Gasteiger partial charge in [-0.1, -0.05) is 0 Å². The quantitative estimate of drug-likeness (QED) is 0.730. The summed E-state index contributed by atoms with van der Waals surface area (Å²) in [5.74, 6) is 1.51. The van der Waals surface area contributed by atoms with E-state index in [9.17, 15) is 5.26 Å². The molecule has 0 aliphatic heterocycles. The summed E-state index contributed by atoms with van der Waals surface area (Å²) in [7, 11) is 0. The molecule has 0 spiro atoms. The third kappa shape index (κ3) is 3.30. The van der Waals surface area contributed by atoms with Crippen LogP contribution < -0.4 is 5.32 Å². The van der Waals surface area contributed by atoms with Crippen molar-refractivity contribution in [1.29, 1.82) is 5.26 Å². The van der Waals surface area contributed by atoms with Gasteiger partial charge < -0.3 is 0 Å². The molecule has 3 nitrogen and oxygen atoms in total. The summed E-state index contributed by atoms with van der Waals surface area (Å²) in [6, 6.07) is 3.83. The maximum atomic E-state index is 9.80. The van der Waals surface area contributed by atoms with Gasteiger partial charge in [-0.05, 0) is 64.2 Å². The third-order valence-electron chi connectivity index (χ3n) is 4.73. The highest BCUT2D eigenvalue weighted by atomic mass is 15.2. The van der Waals surface area contributed by atoms with Gasteiger partial charge in [0.15, 0.2) is 0 Å². The van der Waals surface area contributed by atoms with Crippen LogP contribution in [0.4, 0.5) is 0 Å². The predicted octanol–water partition coefficient (Wildman–Crippen LogP) is 2.53. The average Bonchev–Trinajstić information content (AvgIpc) is 3.23. The first-order valence-corrected chi connectivity index (χ1v) is 8.06. The maximum absolute atomic E-state index is 9.80. The zero-order valence-electron chi connectivity index (χ0n) is 12.4. The smallest absolute Gasteiger partial charge is 0.122 e. The van der Waals surface area contributed by atoms with Crippen LogP contribution in [0, 0.1) is 23.2 Å². The Bertz CT molecular complexity index is 361. The van der Waals surface area contributed by atoms with Gasteiger partial charge >= 0.3 is 0 Å². The maximum Gasteiger partial charge on any atom is 0.122 e. The van der Waals surface area contributed by atoms with Crippen LogP contribution in [-0.4, -0.2) is 35.6 Å². The molecule has 0 radical (unpaired) electrons. The summed E-state index contributed by atoms with van der Waals surface area (Å²) >= 11 is 0. The van der Waals surface area contributed by atoms with Crippen LogP contribution in [0.25, 0.3) is 0 Å². The van der Waals surface area contributed by atoms with Gasteiger partial charge in [-0.3, -0.25) is 10.2 Å². The number of nitrogens with zero attached hydrogens (tertiary/aromatic N) is 2. The van der Waals surface area contributed by atoms with Crippen molar-refractivity contribution < 1.29 is 0 Å². The Hall–Kier alpha value is -0.590. The molecule has 0 bridgehead atoms. The number of hydrogen-bond donors (Lipinski definition) is 1. The van der Waals surface area contributed by atoms with Crippen molar-refractivity contribution in [3.63, 3.8) is 0 Å². The van der Waals surface area contributed by atoms with Crippen molar-refractivity contribution in [2.24, 2.45) is 11.8 Å². The molecule has 0 saturated heterocycles. The molecule has 3 saturated carbocycles. The van der Waals surface area contributed by atoms with Gasteiger partial charge in [0.05, 0.1) is 6.07 Å². The molecule has 3 aliphatic carbocycles. The fourth-order valence-corrected chi connectivity index (χ4v) is 3.28. The first kappa shape index (κ1) is 13.4. The van der Waals surface area contributed by atoms with Gasteiger partial charge in [-0.25, -0.2) is 0 Å². The normalized spacial score (nSPS) is 26.5. The van der Waals surface area contributed by atoms with Gasteiger partial charge in [0, 0.05) is 25.2 Å². The summed E-state index contributed by atoms with van der Waals surface area (Å²) in [6.45, 7) is 6.52. The van der Waals surface area contributed by atoms with E-state index in [2.05, 4.69) is 30.1 Å². The molecule has 106 valence electrons. The lowest BCUT2D eigenvalue weighted by Crippen LogP contribution is -2.57. The lowest BCUT2D eigenvalue weighted by Gasteiger charge is -2.36. The molecular weight excluding hydrogens is 234 g/mol. The van der Waals surface area contributed by atoms with Crippen LogP contribution in [0.3, 0.4) is 0 Å². The van der Waals surface area contributed by atoms with E-state index >= 15 is 0 Å². The molecule has 0 aromatic heterocycles. The molecule has 3 fully saturated rings. The number of nitriles is 1. The molecule has 0 aromatic rings. The lowest BCUT2D eigenvalue weighted by molar-refractivity contribution is 0.174. The topological polar surface area (TPSA) is 39.1 Å². The zero-order chi connectivity index (χ0) is 13.5. The van der Waals surface area contributed by atoms with Gasteiger partial charge in [0.2, 0.25) is 0 Å². The Morgan fingerprint density at radius 3 is 2.32 bits per heavy atom. The van der Waals surface area contributed by atoms with E-state index in [1.165, 1.54) is 45.1 Å². The van der Waals surface area contributed by atoms with E-state index in [0.29, 0.717) is 12.0 Å². The Morgan fingerprint density at radius 2 is 1.89 bits per heavy atom. The monoisotopic (exact) mass is 261 g/mol. The second-order valence-corrected chi connectivity index (χ2v) is 7.26. The summed E-state index contributed by atoms with van der Waals surface area (Å²) < 4.78 is 0. The van der Waals surface area contributed by atoms with Crippen molar-refractivity contribution in [3.8, 4) is 6.07 Å². The predicted molar refractivity (Wildman–Crippen MR) is 76.7 cm³/mol. The first-order valence-electron chi connectivity index (χ1n) is 8.06. The van der Waals surface area contributed by atoms with Gasteiger partial charge in [-0.2, -0.15) is 5.26 Å². The van der Waals surface area contributed by atoms with Crippen molar-refractivity contribution in [3.05, 3.63) is 0 Å². The van der Waals surface area contributed by atoms with Crippen molar-refractivity contribution in [2.75, 3.05) is 13.1 Å². The molecule has 1 unspecified atom stereocenters. The summed E-state index contributed by atoms with van der Waals surface area (Å²) in [6.07, 6.45) is 7.97. The molecule has 19 heavy (non-hydrogen) atoms. The SMILES string of the molecule is CC(C)NC(C#N)(CN(CC1CC1)C1CC1)C1CC1. The average molecular weight is 261 g/mol. The minimum Gasteiger partial charge on any atom is -0.297 e. The van der Waals surface area contributed by atoms with Crippen molar-refractivity contribution in [2.45, 2.75) is 70.0 Å². The highest BCUT2D eigenvalue weighted by Crippen LogP contribution is 2.42. The fourth-order valence-electron chi connectivity index (χ4n) is 3.28. The van der Waals surface area contributed by atoms with Crippen molar-refractivity contribution >= 4 is 0 Å². The Kier molecular flexibility index (Phi) is 3.57. The van der Waals surface area contributed by atoms with Gasteiger partial charge in [-0.15, -0.1) is 0 Å². The van der Waals surface area contributed by atoms with E-state index in [0.717, 1.165) is 18.5 Å². The van der Waals surface area contributed by atoms with Crippen LogP contribution >= 0.6 is 0 Å². The van der Waals surface area contributed by atoms with Crippen LogP contribution in [-0.2, 0) is 0 Å². The zero-order valence-corrected chi connectivity index (χ0v) is 12.4. The molecule has 0 aromatic carbocycles. The van der Waals surface area contributed by atoms with Crippen molar-refractivity contribution in [1.82, 2.24) is 10.2 Å². The molecule has 0 heterocycles. The standard InChI is InChI=1S/C16H27N3/c1-12(2)18-16(10-17,14-5-6-14)11-19(15-7-8-15)9-13-3-4-13/h12-15,18H,3-9,11H2,1-2H3.